The van der Waals surface area contributed by atoms with Gasteiger partial charge in [-0.05, 0) is 53.9 Å². The van der Waals surface area contributed by atoms with Crippen molar-refractivity contribution in [2.45, 2.75) is 12.8 Å². The van der Waals surface area contributed by atoms with E-state index in [1.165, 1.54) is 0 Å². The lowest BCUT2D eigenvalue weighted by molar-refractivity contribution is -0.117. The summed E-state index contributed by atoms with van der Waals surface area (Å²) in [5.41, 5.74) is 4.74. The van der Waals surface area contributed by atoms with E-state index in [0.29, 0.717) is 57.4 Å². The van der Waals surface area contributed by atoms with Crippen LogP contribution in [0.1, 0.15) is 16.7 Å². The Morgan fingerprint density at radius 2 is 1.94 bits per heavy atom. The Bertz CT molecular complexity index is 1490. The van der Waals surface area contributed by atoms with Gasteiger partial charge in [-0.1, -0.05) is 29.3 Å². The smallest absolute Gasteiger partial charge is 0.231 e. The maximum absolute atomic E-state index is 13.1. The summed E-state index contributed by atoms with van der Waals surface area (Å²) in [4.78, 5) is 31.6. The Kier molecular flexibility index (Phi) is 6.27. The summed E-state index contributed by atoms with van der Waals surface area (Å²) in [5.74, 6) is 0.251. The fourth-order valence-electron chi connectivity index (χ4n) is 4.03. The number of halogens is 2. The van der Waals surface area contributed by atoms with E-state index in [1.807, 2.05) is 6.07 Å². The Morgan fingerprint density at radius 1 is 1.09 bits per heavy atom. The number of fused-ring (bicyclic) bond motifs is 1. The lowest BCUT2D eigenvalue weighted by atomic mass is 10.0. The maximum Gasteiger partial charge on any atom is 0.231 e. The van der Waals surface area contributed by atoms with Crippen molar-refractivity contribution in [2.24, 2.45) is 0 Å². The van der Waals surface area contributed by atoms with E-state index in [9.17, 15) is 10.1 Å². The molecule has 1 N–H and O–H groups in total. The highest BCUT2D eigenvalue weighted by molar-refractivity contribution is 6.30. The van der Waals surface area contributed by atoms with Gasteiger partial charge >= 0.3 is 0 Å². The van der Waals surface area contributed by atoms with Crippen LogP contribution in [0.3, 0.4) is 0 Å². The first kappa shape index (κ1) is 22.7. The molecule has 4 heterocycles. The van der Waals surface area contributed by atoms with Gasteiger partial charge < -0.3 is 10.2 Å². The number of hydrogen-bond donors (Lipinski definition) is 1. The van der Waals surface area contributed by atoms with Crippen molar-refractivity contribution < 1.29 is 4.79 Å². The SMILES string of the molecule is N#Cc1cc(-c2ccnc(Nc3ccnc(Cl)c3)n2)cc2c1N(C(=O)Cc1cccnc1Cl)CC2. The molecule has 0 spiro atoms. The summed E-state index contributed by atoms with van der Waals surface area (Å²) in [6.07, 6.45) is 5.55. The van der Waals surface area contributed by atoms with Crippen LogP contribution >= 0.6 is 23.2 Å². The van der Waals surface area contributed by atoms with Crippen LogP contribution < -0.4 is 10.2 Å². The minimum absolute atomic E-state index is 0.110. The predicted octanol–water partition coefficient (Wildman–Crippen LogP) is 4.99. The van der Waals surface area contributed by atoms with Gasteiger partial charge in [-0.25, -0.2) is 19.9 Å². The van der Waals surface area contributed by atoms with E-state index in [4.69, 9.17) is 23.2 Å². The largest absolute Gasteiger partial charge is 0.324 e. The van der Waals surface area contributed by atoms with Gasteiger partial charge in [-0.2, -0.15) is 5.26 Å². The van der Waals surface area contributed by atoms with Crippen LogP contribution in [0.4, 0.5) is 17.3 Å². The van der Waals surface area contributed by atoms with Crippen LogP contribution in [0.25, 0.3) is 11.3 Å². The van der Waals surface area contributed by atoms with E-state index < -0.39 is 0 Å². The quantitative estimate of drug-likeness (QED) is 0.383. The van der Waals surface area contributed by atoms with Gasteiger partial charge in [0.15, 0.2) is 0 Å². The number of pyridine rings is 2. The molecule has 0 unspecified atom stereocenters. The first-order chi connectivity index (χ1) is 17.0. The van der Waals surface area contributed by atoms with Crippen molar-refractivity contribution in [1.29, 1.82) is 5.26 Å². The third-order valence-electron chi connectivity index (χ3n) is 5.60. The number of nitriles is 1. The zero-order valence-corrected chi connectivity index (χ0v) is 19.8. The third-order valence-corrected chi connectivity index (χ3v) is 6.14. The minimum Gasteiger partial charge on any atom is -0.324 e. The summed E-state index contributed by atoms with van der Waals surface area (Å²) < 4.78 is 0. The molecule has 8 nitrogen and oxygen atoms in total. The average molecular weight is 502 g/mol. The average Bonchev–Trinajstić information content (AvgIpc) is 3.29. The van der Waals surface area contributed by atoms with Crippen LogP contribution in [-0.2, 0) is 17.6 Å². The van der Waals surface area contributed by atoms with Crippen molar-refractivity contribution in [3.63, 3.8) is 0 Å². The number of benzene rings is 1. The Balaban J connectivity index is 1.43. The van der Waals surface area contributed by atoms with Gasteiger partial charge in [0.1, 0.15) is 16.4 Å². The summed E-state index contributed by atoms with van der Waals surface area (Å²) in [6, 6.07) is 14.7. The number of amides is 1. The van der Waals surface area contributed by atoms with Crippen molar-refractivity contribution in [3.8, 4) is 17.3 Å². The zero-order valence-electron chi connectivity index (χ0n) is 18.2. The number of rotatable bonds is 5. The number of aromatic nitrogens is 4. The number of carbonyl (C=O) groups excluding carboxylic acids is 1. The molecule has 1 aliphatic heterocycles. The van der Waals surface area contributed by atoms with Gasteiger partial charge in [-0.3, -0.25) is 4.79 Å². The molecular weight excluding hydrogens is 485 g/mol. The lowest BCUT2D eigenvalue weighted by Gasteiger charge is -2.19. The molecule has 3 aromatic heterocycles. The topological polar surface area (TPSA) is 108 Å². The molecular formula is C25H17Cl2N7O. The highest BCUT2D eigenvalue weighted by Crippen LogP contribution is 2.36. The first-order valence-corrected chi connectivity index (χ1v) is 11.5. The van der Waals surface area contributed by atoms with Crippen molar-refractivity contribution in [3.05, 3.63) is 88.1 Å². The number of anilines is 3. The van der Waals surface area contributed by atoms with Gasteiger partial charge in [-0.15, -0.1) is 0 Å². The van der Waals surface area contributed by atoms with Crippen molar-refractivity contribution >= 4 is 46.4 Å². The Hall–Kier alpha value is -4.06. The molecule has 0 saturated heterocycles. The van der Waals surface area contributed by atoms with E-state index in [0.717, 1.165) is 11.1 Å². The maximum atomic E-state index is 13.1. The van der Waals surface area contributed by atoms with Gasteiger partial charge in [0.05, 0.1) is 23.4 Å². The van der Waals surface area contributed by atoms with E-state index in [2.05, 4.69) is 31.3 Å². The first-order valence-electron chi connectivity index (χ1n) is 10.7. The third kappa shape index (κ3) is 4.78. The minimum atomic E-state index is -0.132. The molecule has 1 amide bonds. The summed E-state index contributed by atoms with van der Waals surface area (Å²) in [7, 11) is 0. The van der Waals surface area contributed by atoms with Crippen LogP contribution in [0.15, 0.2) is 61.1 Å². The predicted molar refractivity (Wildman–Crippen MR) is 134 cm³/mol. The van der Waals surface area contributed by atoms with Crippen LogP contribution in [0.2, 0.25) is 10.3 Å². The molecule has 0 radical (unpaired) electrons. The van der Waals surface area contributed by atoms with E-state index >= 15 is 0 Å². The molecule has 1 aromatic carbocycles. The Labute approximate surface area is 211 Å². The monoisotopic (exact) mass is 501 g/mol. The van der Waals surface area contributed by atoms with Gasteiger partial charge in [0.25, 0.3) is 0 Å². The highest BCUT2D eigenvalue weighted by atomic mass is 35.5. The number of nitrogens with zero attached hydrogens (tertiary/aromatic N) is 6. The van der Waals surface area contributed by atoms with Crippen LogP contribution in [-0.4, -0.2) is 32.4 Å². The molecule has 5 rings (SSSR count). The fourth-order valence-corrected chi connectivity index (χ4v) is 4.39. The standard InChI is InChI=1S/C25H17Cl2N7O/c26-21-13-19(3-7-29-21)32-25-31-8-4-20(33-25)17-10-15-5-9-34(23(15)18(11-17)14-28)22(35)12-16-2-1-6-30-24(16)27/h1-4,6-8,10-11,13H,5,9,12H2,(H,29,31,32,33). The molecule has 0 atom stereocenters. The molecule has 1 aliphatic rings. The van der Waals surface area contributed by atoms with Crippen molar-refractivity contribution in [2.75, 3.05) is 16.8 Å². The second-order valence-electron chi connectivity index (χ2n) is 7.83. The van der Waals surface area contributed by atoms with Gasteiger partial charge in [0.2, 0.25) is 11.9 Å². The number of carbonyl (C=O) groups is 1. The van der Waals surface area contributed by atoms with Gasteiger partial charge in [0, 0.05) is 36.4 Å². The molecule has 0 fully saturated rings. The van der Waals surface area contributed by atoms with Crippen LogP contribution in [0, 0.1) is 11.3 Å². The fraction of sp³-hybridized carbons (Fsp3) is 0.120. The highest BCUT2D eigenvalue weighted by Gasteiger charge is 2.29. The molecule has 0 aliphatic carbocycles. The second kappa shape index (κ2) is 9.66. The Morgan fingerprint density at radius 3 is 2.74 bits per heavy atom. The summed E-state index contributed by atoms with van der Waals surface area (Å²) in [5, 5.41) is 13.7. The number of hydrogen-bond acceptors (Lipinski definition) is 7. The molecule has 35 heavy (non-hydrogen) atoms. The van der Waals surface area contributed by atoms with E-state index in [-0.39, 0.29) is 12.3 Å². The van der Waals surface area contributed by atoms with Crippen molar-refractivity contribution in [1.82, 2.24) is 19.9 Å². The zero-order chi connectivity index (χ0) is 24.4. The summed E-state index contributed by atoms with van der Waals surface area (Å²) >= 11 is 12.1. The molecule has 0 bridgehead atoms. The number of nitrogens with one attached hydrogen (secondary N) is 1. The molecule has 172 valence electrons. The summed E-state index contributed by atoms with van der Waals surface area (Å²) in [6.45, 7) is 0.490. The normalized spacial score (nSPS) is 12.2. The second-order valence-corrected chi connectivity index (χ2v) is 8.57. The van der Waals surface area contributed by atoms with Crippen LogP contribution in [0.5, 0.6) is 0 Å². The van der Waals surface area contributed by atoms with E-state index in [1.54, 1.807) is 59.9 Å². The molecule has 10 heteroatoms. The molecule has 0 saturated carbocycles. The molecule has 4 aromatic rings. The lowest BCUT2D eigenvalue weighted by Crippen LogP contribution is -2.31.